The van der Waals surface area contributed by atoms with E-state index < -0.39 is 6.43 Å². The molecule has 1 rings (SSSR count). The molecule has 5 heteroatoms. The second kappa shape index (κ2) is 4.92. The van der Waals surface area contributed by atoms with Gasteiger partial charge in [0.15, 0.2) is 5.78 Å². The summed E-state index contributed by atoms with van der Waals surface area (Å²) in [5.41, 5.74) is 5.27. The predicted octanol–water partition coefficient (Wildman–Crippen LogP) is 2.81. The fraction of sp³-hybridized carbons (Fsp3) is 0.364. The van der Waals surface area contributed by atoms with Gasteiger partial charge in [-0.25, -0.2) is 8.78 Å². The monoisotopic (exact) mass is 229 g/mol. The van der Waals surface area contributed by atoms with E-state index in [1.165, 1.54) is 19.1 Å². The molecule has 0 unspecified atom stereocenters. The van der Waals surface area contributed by atoms with Crippen LogP contribution in [0, 0.1) is 0 Å². The number of ether oxygens (including phenoxy) is 1. The molecule has 0 saturated carbocycles. The van der Waals surface area contributed by atoms with Crippen LogP contribution in [0.25, 0.3) is 0 Å². The maximum Gasteiger partial charge on any atom is 0.269 e. The van der Waals surface area contributed by atoms with Gasteiger partial charge in [0.2, 0.25) is 0 Å². The molecule has 0 aromatic heterocycles. The molecule has 0 aliphatic heterocycles. The predicted molar refractivity (Wildman–Crippen MR) is 57.0 cm³/mol. The molecule has 0 amide bonds. The van der Waals surface area contributed by atoms with Crippen molar-refractivity contribution in [3.05, 3.63) is 23.3 Å². The summed E-state index contributed by atoms with van der Waals surface area (Å²) in [6.07, 6.45) is -2.72. The van der Waals surface area contributed by atoms with E-state index in [0.29, 0.717) is 0 Å². The van der Waals surface area contributed by atoms with Gasteiger partial charge in [-0.2, -0.15) is 0 Å². The Labute approximate surface area is 92.2 Å². The fourth-order valence-electron chi connectivity index (χ4n) is 1.36. The average molecular weight is 229 g/mol. The number of anilines is 1. The van der Waals surface area contributed by atoms with Gasteiger partial charge in [0.25, 0.3) is 6.43 Å². The lowest BCUT2D eigenvalue weighted by molar-refractivity contribution is 0.101. The van der Waals surface area contributed by atoms with Crippen molar-refractivity contribution in [3.8, 4) is 5.75 Å². The Morgan fingerprint density at radius 1 is 1.50 bits per heavy atom. The smallest absolute Gasteiger partial charge is 0.269 e. The SMILES string of the molecule is CCOc1cc(C(C)=O)cc(N)c1C(F)F. The molecule has 0 heterocycles. The number of carbonyl (C=O) groups is 1. The third-order valence-corrected chi connectivity index (χ3v) is 2.10. The first kappa shape index (κ1) is 12.4. The zero-order chi connectivity index (χ0) is 12.3. The summed E-state index contributed by atoms with van der Waals surface area (Å²) in [6.45, 7) is 3.25. The fourth-order valence-corrected chi connectivity index (χ4v) is 1.36. The maximum absolute atomic E-state index is 12.7. The quantitative estimate of drug-likeness (QED) is 0.638. The number of benzene rings is 1. The van der Waals surface area contributed by atoms with Gasteiger partial charge in [0, 0.05) is 11.3 Å². The average Bonchev–Trinajstić information content (AvgIpc) is 2.16. The molecule has 0 bridgehead atoms. The molecule has 1 aromatic rings. The highest BCUT2D eigenvalue weighted by atomic mass is 19.3. The second-order valence-corrected chi connectivity index (χ2v) is 3.27. The van der Waals surface area contributed by atoms with E-state index >= 15 is 0 Å². The first-order chi connectivity index (χ1) is 7.47. The van der Waals surface area contributed by atoms with Crippen LogP contribution in [0.5, 0.6) is 5.75 Å². The summed E-state index contributed by atoms with van der Waals surface area (Å²) in [4.78, 5) is 11.1. The summed E-state index contributed by atoms with van der Waals surface area (Å²) >= 11 is 0. The lowest BCUT2D eigenvalue weighted by atomic mass is 10.1. The zero-order valence-electron chi connectivity index (χ0n) is 9.09. The van der Waals surface area contributed by atoms with Gasteiger partial charge in [0.1, 0.15) is 5.75 Å². The first-order valence-corrected chi connectivity index (χ1v) is 4.82. The minimum Gasteiger partial charge on any atom is -0.493 e. The van der Waals surface area contributed by atoms with Crippen LogP contribution < -0.4 is 10.5 Å². The molecule has 0 saturated heterocycles. The number of halogens is 2. The number of rotatable bonds is 4. The van der Waals surface area contributed by atoms with E-state index in [4.69, 9.17) is 10.5 Å². The Kier molecular flexibility index (Phi) is 3.82. The number of Topliss-reactive ketones (excluding diaryl/α,β-unsaturated/α-hetero) is 1. The molecule has 0 spiro atoms. The molecule has 0 aliphatic carbocycles. The number of carbonyl (C=O) groups excluding carboxylic acids is 1. The second-order valence-electron chi connectivity index (χ2n) is 3.27. The molecule has 16 heavy (non-hydrogen) atoms. The molecular weight excluding hydrogens is 216 g/mol. The lowest BCUT2D eigenvalue weighted by Crippen LogP contribution is -2.05. The summed E-state index contributed by atoms with van der Waals surface area (Å²) in [5, 5.41) is 0. The standard InChI is InChI=1S/C11H13F2NO2/c1-3-16-9-5-7(6(2)15)4-8(14)10(9)11(12)13/h4-5,11H,3,14H2,1-2H3. The number of ketones is 1. The van der Waals surface area contributed by atoms with Crippen LogP contribution >= 0.6 is 0 Å². The third-order valence-electron chi connectivity index (χ3n) is 2.10. The maximum atomic E-state index is 12.7. The van der Waals surface area contributed by atoms with Crippen molar-refractivity contribution < 1.29 is 18.3 Å². The van der Waals surface area contributed by atoms with Crippen molar-refractivity contribution in [1.82, 2.24) is 0 Å². The highest BCUT2D eigenvalue weighted by Gasteiger charge is 2.19. The van der Waals surface area contributed by atoms with Crippen molar-refractivity contribution in [1.29, 1.82) is 0 Å². The van der Waals surface area contributed by atoms with Crippen LogP contribution in [0.3, 0.4) is 0 Å². The molecule has 1 aromatic carbocycles. The van der Waals surface area contributed by atoms with Gasteiger partial charge < -0.3 is 10.5 Å². The molecule has 88 valence electrons. The van der Waals surface area contributed by atoms with Gasteiger partial charge in [-0.15, -0.1) is 0 Å². The Balaban J connectivity index is 3.33. The third kappa shape index (κ3) is 2.48. The zero-order valence-corrected chi connectivity index (χ0v) is 9.09. The van der Waals surface area contributed by atoms with Crippen molar-refractivity contribution in [2.45, 2.75) is 20.3 Å². The largest absolute Gasteiger partial charge is 0.493 e. The number of nitrogen functional groups attached to an aromatic ring is 1. The van der Waals surface area contributed by atoms with E-state index in [1.807, 2.05) is 0 Å². The Hall–Kier alpha value is -1.65. The first-order valence-electron chi connectivity index (χ1n) is 4.82. The van der Waals surface area contributed by atoms with E-state index in [1.54, 1.807) is 6.92 Å². The minimum absolute atomic E-state index is 0.0253. The summed E-state index contributed by atoms with van der Waals surface area (Å²) < 4.78 is 30.5. The van der Waals surface area contributed by atoms with Crippen LogP contribution in [-0.4, -0.2) is 12.4 Å². The van der Waals surface area contributed by atoms with E-state index in [-0.39, 0.29) is 35.0 Å². The Bertz CT molecular complexity index is 405. The molecule has 3 nitrogen and oxygen atoms in total. The van der Waals surface area contributed by atoms with Crippen LogP contribution in [-0.2, 0) is 0 Å². The number of hydrogen-bond acceptors (Lipinski definition) is 3. The normalized spacial score (nSPS) is 10.6. The lowest BCUT2D eigenvalue weighted by Gasteiger charge is -2.13. The summed E-state index contributed by atoms with van der Waals surface area (Å²) in [5.74, 6) is -0.267. The summed E-state index contributed by atoms with van der Waals surface area (Å²) in [7, 11) is 0. The molecule has 0 aliphatic rings. The topological polar surface area (TPSA) is 52.3 Å². The van der Waals surface area contributed by atoms with Gasteiger partial charge in [-0.05, 0) is 26.0 Å². The highest BCUT2D eigenvalue weighted by molar-refractivity contribution is 5.95. The van der Waals surface area contributed by atoms with Crippen LogP contribution in [0.1, 0.15) is 36.2 Å². The molecule has 0 radical (unpaired) electrons. The van der Waals surface area contributed by atoms with Crippen LogP contribution in [0.4, 0.5) is 14.5 Å². The molecular formula is C11H13F2NO2. The number of nitrogens with two attached hydrogens (primary N) is 1. The molecule has 0 fully saturated rings. The van der Waals surface area contributed by atoms with Crippen molar-refractivity contribution in [2.75, 3.05) is 12.3 Å². The van der Waals surface area contributed by atoms with Gasteiger partial charge in [-0.3, -0.25) is 4.79 Å². The van der Waals surface area contributed by atoms with Crippen molar-refractivity contribution >= 4 is 11.5 Å². The van der Waals surface area contributed by atoms with E-state index in [2.05, 4.69) is 0 Å². The Morgan fingerprint density at radius 2 is 2.12 bits per heavy atom. The Morgan fingerprint density at radius 3 is 2.56 bits per heavy atom. The highest BCUT2D eigenvalue weighted by Crippen LogP contribution is 2.35. The van der Waals surface area contributed by atoms with Gasteiger partial charge in [0.05, 0.1) is 12.2 Å². The molecule has 2 N–H and O–H groups in total. The van der Waals surface area contributed by atoms with Crippen LogP contribution in [0.2, 0.25) is 0 Å². The van der Waals surface area contributed by atoms with Crippen LogP contribution in [0.15, 0.2) is 12.1 Å². The molecule has 0 atom stereocenters. The van der Waals surface area contributed by atoms with Crippen molar-refractivity contribution in [3.63, 3.8) is 0 Å². The minimum atomic E-state index is -2.72. The summed E-state index contributed by atoms with van der Waals surface area (Å²) in [6, 6.07) is 2.54. The van der Waals surface area contributed by atoms with E-state index in [0.717, 1.165) is 0 Å². The van der Waals surface area contributed by atoms with Crippen molar-refractivity contribution in [2.24, 2.45) is 0 Å². The van der Waals surface area contributed by atoms with E-state index in [9.17, 15) is 13.6 Å². The van der Waals surface area contributed by atoms with Gasteiger partial charge in [-0.1, -0.05) is 0 Å². The van der Waals surface area contributed by atoms with Gasteiger partial charge >= 0.3 is 0 Å². The number of hydrogen-bond donors (Lipinski definition) is 1. The number of alkyl halides is 2.